The number of esters is 3. The van der Waals surface area contributed by atoms with Gasteiger partial charge in [-0.2, -0.15) is 0 Å². The fourth-order valence-corrected chi connectivity index (χ4v) is 5.21. The summed E-state index contributed by atoms with van der Waals surface area (Å²) in [5.74, 6) is -1.17. The Morgan fingerprint density at radius 3 is 2.34 bits per heavy atom. The van der Waals surface area contributed by atoms with Crippen molar-refractivity contribution in [3.8, 4) is 11.4 Å². The van der Waals surface area contributed by atoms with E-state index in [0.29, 0.717) is 26.5 Å². The Hall–Kier alpha value is -3.18. The number of carbonyl (C=O) groups is 3. The van der Waals surface area contributed by atoms with Crippen molar-refractivity contribution < 1.29 is 33.3 Å². The van der Waals surface area contributed by atoms with E-state index in [-0.39, 0.29) is 6.61 Å². The second kappa shape index (κ2) is 10.5. The SMILES string of the molecule is CC(=O)OC[C@H]1O[C@@H](n2cnc3c2nc(I)n2c(-c4ccc(Br)cc4)nnc32)[C@H](OC(C)=O)[C@@H]1OC(C)=O. The molecular weight excluding hydrogens is 679 g/mol. The molecule has 0 N–H and O–H groups in total. The lowest BCUT2D eigenvalue weighted by Gasteiger charge is -2.23. The molecule has 0 unspecified atom stereocenters. The van der Waals surface area contributed by atoms with E-state index in [1.165, 1.54) is 27.1 Å². The van der Waals surface area contributed by atoms with Gasteiger partial charge in [-0.05, 0) is 12.1 Å². The highest BCUT2D eigenvalue weighted by molar-refractivity contribution is 14.1. The van der Waals surface area contributed by atoms with Crippen LogP contribution in [0.1, 0.15) is 27.0 Å². The molecule has 1 saturated heterocycles. The number of halogens is 2. The van der Waals surface area contributed by atoms with Gasteiger partial charge in [-0.3, -0.25) is 23.4 Å². The summed E-state index contributed by atoms with van der Waals surface area (Å²) in [4.78, 5) is 44.5. The molecule has 0 aliphatic carbocycles. The average molecular weight is 699 g/mol. The summed E-state index contributed by atoms with van der Waals surface area (Å²) in [6, 6.07) is 7.63. The van der Waals surface area contributed by atoms with Crippen LogP contribution in [0.15, 0.2) is 35.1 Å². The van der Waals surface area contributed by atoms with Crippen LogP contribution in [0, 0.1) is 3.83 Å². The summed E-state index contributed by atoms with van der Waals surface area (Å²) in [5, 5.41) is 8.72. The molecule has 4 atom stereocenters. The molecule has 38 heavy (non-hydrogen) atoms. The highest BCUT2D eigenvalue weighted by Crippen LogP contribution is 2.37. The number of imidazole rings is 1. The molecule has 5 rings (SSSR count). The second-order valence-electron chi connectivity index (χ2n) is 8.41. The van der Waals surface area contributed by atoms with Crippen LogP contribution in [0.3, 0.4) is 0 Å². The van der Waals surface area contributed by atoms with Gasteiger partial charge in [0.15, 0.2) is 44.9 Å². The summed E-state index contributed by atoms with van der Waals surface area (Å²) in [6.07, 6.45) is -2.54. The van der Waals surface area contributed by atoms with Crippen LogP contribution < -0.4 is 0 Å². The zero-order chi connectivity index (χ0) is 27.1. The minimum atomic E-state index is -1.07. The lowest BCUT2D eigenvalue weighted by Crippen LogP contribution is -2.40. The third-order valence-electron chi connectivity index (χ3n) is 5.74. The molecular formula is C23H20BrIN6O7. The molecule has 4 aromatic rings. The number of hydrogen-bond acceptors (Lipinski definition) is 11. The molecule has 0 radical (unpaired) electrons. The van der Waals surface area contributed by atoms with E-state index in [1.807, 2.05) is 24.3 Å². The van der Waals surface area contributed by atoms with E-state index >= 15 is 0 Å². The molecule has 4 heterocycles. The number of benzene rings is 1. The maximum atomic E-state index is 12.0. The fraction of sp³-hybridized carbons (Fsp3) is 0.348. The summed E-state index contributed by atoms with van der Waals surface area (Å²) in [7, 11) is 0. The molecule has 1 fully saturated rings. The zero-order valence-electron chi connectivity index (χ0n) is 20.2. The molecule has 13 nitrogen and oxygen atoms in total. The Bertz CT molecular complexity index is 1560. The molecule has 3 aromatic heterocycles. The molecule has 1 aromatic carbocycles. The van der Waals surface area contributed by atoms with Gasteiger partial charge in [0.25, 0.3) is 0 Å². The van der Waals surface area contributed by atoms with Crippen molar-refractivity contribution in [3.63, 3.8) is 0 Å². The number of ether oxygens (including phenoxy) is 4. The maximum Gasteiger partial charge on any atom is 0.303 e. The third-order valence-corrected chi connectivity index (χ3v) is 6.99. The van der Waals surface area contributed by atoms with Crippen molar-refractivity contribution in [2.24, 2.45) is 0 Å². The molecule has 198 valence electrons. The Kier molecular flexibility index (Phi) is 7.32. The normalized spacial score (nSPS) is 21.1. The Morgan fingerprint density at radius 1 is 1.00 bits per heavy atom. The summed E-state index contributed by atoms with van der Waals surface area (Å²) >= 11 is 5.51. The van der Waals surface area contributed by atoms with Gasteiger partial charge >= 0.3 is 17.9 Å². The smallest absolute Gasteiger partial charge is 0.303 e. The van der Waals surface area contributed by atoms with Gasteiger partial charge in [-0.25, -0.2) is 9.97 Å². The van der Waals surface area contributed by atoms with Crippen molar-refractivity contribution >= 4 is 73.2 Å². The molecule has 0 saturated carbocycles. The third kappa shape index (κ3) is 4.96. The van der Waals surface area contributed by atoms with Gasteiger partial charge < -0.3 is 18.9 Å². The Balaban J connectivity index is 1.60. The predicted octanol–water partition coefficient (Wildman–Crippen LogP) is 2.83. The van der Waals surface area contributed by atoms with E-state index in [2.05, 4.69) is 53.7 Å². The first kappa shape index (κ1) is 26.4. The molecule has 0 bridgehead atoms. The topological polar surface area (TPSA) is 149 Å². The molecule has 15 heteroatoms. The highest BCUT2D eigenvalue weighted by Gasteiger charge is 2.51. The lowest BCUT2D eigenvalue weighted by molar-refractivity contribution is -0.166. The number of hydrogen-bond donors (Lipinski definition) is 0. The quantitative estimate of drug-likeness (QED) is 0.127. The fourth-order valence-electron chi connectivity index (χ4n) is 4.26. The van der Waals surface area contributed by atoms with Gasteiger partial charge in [-0.15, -0.1) is 10.2 Å². The summed E-state index contributed by atoms with van der Waals surface area (Å²) in [5.41, 5.74) is 2.12. The summed E-state index contributed by atoms with van der Waals surface area (Å²) in [6.45, 7) is 3.49. The number of nitrogens with zero attached hydrogens (tertiary/aromatic N) is 6. The minimum absolute atomic E-state index is 0.218. The zero-order valence-corrected chi connectivity index (χ0v) is 23.9. The largest absolute Gasteiger partial charge is 0.463 e. The number of aromatic nitrogens is 6. The van der Waals surface area contributed by atoms with Gasteiger partial charge in [0.2, 0.25) is 0 Å². The average Bonchev–Trinajstić information content (AvgIpc) is 3.54. The first-order chi connectivity index (χ1) is 18.1. The van der Waals surface area contributed by atoms with E-state index in [9.17, 15) is 14.4 Å². The van der Waals surface area contributed by atoms with Crippen LogP contribution in [0.2, 0.25) is 0 Å². The van der Waals surface area contributed by atoms with Crippen LogP contribution in [0.4, 0.5) is 0 Å². The number of fused-ring (bicyclic) bond motifs is 3. The maximum absolute atomic E-state index is 12.0. The van der Waals surface area contributed by atoms with E-state index < -0.39 is 42.4 Å². The van der Waals surface area contributed by atoms with Gasteiger partial charge in [0.05, 0.1) is 6.33 Å². The van der Waals surface area contributed by atoms with E-state index in [4.69, 9.17) is 23.9 Å². The second-order valence-corrected chi connectivity index (χ2v) is 10.3. The van der Waals surface area contributed by atoms with Gasteiger partial charge in [-0.1, -0.05) is 28.1 Å². The molecule has 0 spiro atoms. The lowest BCUT2D eigenvalue weighted by atomic mass is 10.1. The number of rotatable bonds is 6. The van der Waals surface area contributed by atoms with Crippen LogP contribution in [0.5, 0.6) is 0 Å². The first-order valence-electron chi connectivity index (χ1n) is 11.3. The standard InChI is InChI=1S/C23H20BrIN6O7/c1-10(32)35-8-15-17(36-11(2)33)18(37-12(3)34)22(38-15)30-9-26-16-20(30)27-23(25)31-19(28-29-21(16)31)13-4-6-14(24)7-5-13/h4-7,9,15,17-18,22H,8H2,1-3H3/t15-,17-,18-,22-/m1/s1. The summed E-state index contributed by atoms with van der Waals surface area (Å²) < 4.78 is 27.1. The monoisotopic (exact) mass is 698 g/mol. The number of carbonyl (C=O) groups excluding carboxylic acids is 3. The first-order valence-corrected chi connectivity index (χ1v) is 13.2. The van der Waals surface area contributed by atoms with Crippen molar-refractivity contribution in [2.75, 3.05) is 6.61 Å². The molecule has 0 amide bonds. The molecule has 1 aliphatic rings. The van der Waals surface area contributed by atoms with Crippen LogP contribution >= 0.6 is 38.5 Å². The van der Waals surface area contributed by atoms with Crippen molar-refractivity contribution in [1.82, 2.24) is 29.1 Å². The van der Waals surface area contributed by atoms with Crippen molar-refractivity contribution in [3.05, 3.63) is 38.9 Å². The Morgan fingerprint density at radius 2 is 1.68 bits per heavy atom. The van der Waals surface area contributed by atoms with E-state index in [1.54, 1.807) is 8.97 Å². The minimum Gasteiger partial charge on any atom is -0.463 e. The van der Waals surface area contributed by atoms with Crippen LogP contribution in [-0.4, -0.2) is 72.0 Å². The van der Waals surface area contributed by atoms with Crippen LogP contribution in [0.25, 0.3) is 28.2 Å². The van der Waals surface area contributed by atoms with Crippen LogP contribution in [-0.2, 0) is 33.3 Å². The van der Waals surface area contributed by atoms with Gasteiger partial charge in [0, 0.05) is 53.4 Å². The van der Waals surface area contributed by atoms with E-state index in [0.717, 1.165) is 10.0 Å². The molecule has 1 aliphatic heterocycles. The predicted molar refractivity (Wildman–Crippen MR) is 142 cm³/mol. The van der Waals surface area contributed by atoms with Crippen molar-refractivity contribution in [1.29, 1.82) is 0 Å². The Labute approximate surface area is 237 Å². The van der Waals surface area contributed by atoms with Gasteiger partial charge in [0.1, 0.15) is 12.7 Å². The van der Waals surface area contributed by atoms with Crippen molar-refractivity contribution in [2.45, 2.75) is 45.3 Å². The highest BCUT2D eigenvalue weighted by atomic mass is 127.